The topological polar surface area (TPSA) is 30.5 Å². The number of methoxy groups -OCH3 is 2. The highest BCUT2D eigenvalue weighted by atomic mass is 127. The second kappa shape index (κ2) is 7.04. The summed E-state index contributed by atoms with van der Waals surface area (Å²) in [5.41, 5.74) is 2.02. The minimum Gasteiger partial charge on any atom is -0.493 e. The van der Waals surface area contributed by atoms with Crippen LogP contribution in [0.3, 0.4) is 0 Å². The number of anilines is 1. The van der Waals surface area contributed by atoms with Crippen LogP contribution in [0.25, 0.3) is 0 Å². The van der Waals surface area contributed by atoms with Crippen molar-refractivity contribution in [1.29, 1.82) is 0 Å². The number of benzene rings is 2. The highest BCUT2D eigenvalue weighted by Gasteiger charge is 2.10. The number of nitrogens with one attached hydrogen (secondary N) is 1. The molecule has 0 amide bonds. The third-order valence-electron chi connectivity index (χ3n) is 2.85. The summed E-state index contributed by atoms with van der Waals surface area (Å²) in [6.45, 7) is 0.667. The van der Waals surface area contributed by atoms with Gasteiger partial charge in [-0.25, -0.2) is 0 Å². The molecule has 3 nitrogen and oxygen atoms in total. The van der Waals surface area contributed by atoms with Crippen molar-refractivity contribution in [3.8, 4) is 11.5 Å². The number of rotatable bonds is 5. The first-order valence-electron chi connectivity index (χ1n) is 6.04. The Morgan fingerprint density at radius 3 is 2.55 bits per heavy atom. The molecule has 20 heavy (non-hydrogen) atoms. The van der Waals surface area contributed by atoms with Crippen molar-refractivity contribution in [2.24, 2.45) is 0 Å². The summed E-state index contributed by atoms with van der Waals surface area (Å²) in [4.78, 5) is 0. The van der Waals surface area contributed by atoms with Crippen LogP contribution in [-0.4, -0.2) is 14.2 Å². The number of ether oxygens (including phenoxy) is 2. The average Bonchev–Trinajstić information content (AvgIpc) is 2.45. The molecule has 0 fully saturated rings. The first-order valence-corrected chi connectivity index (χ1v) is 7.50. The molecule has 2 rings (SSSR count). The molecule has 0 aliphatic rings. The molecule has 2 aromatic rings. The lowest BCUT2D eigenvalue weighted by Crippen LogP contribution is -2.02. The lowest BCUT2D eigenvalue weighted by Gasteiger charge is -2.13. The zero-order valence-electron chi connectivity index (χ0n) is 11.2. The van der Waals surface area contributed by atoms with E-state index < -0.39 is 0 Å². The molecular formula is C15H15ClINO2. The predicted octanol–water partition coefficient (Wildman–Crippen LogP) is 4.57. The minimum absolute atomic E-state index is 0.667. The van der Waals surface area contributed by atoms with Crippen molar-refractivity contribution in [3.05, 3.63) is 50.6 Å². The van der Waals surface area contributed by atoms with Crippen LogP contribution in [0.1, 0.15) is 5.56 Å². The molecule has 0 spiro atoms. The van der Waals surface area contributed by atoms with Gasteiger partial charge in [-0.2, -0.15) is 0 Å². The number of para-hydroxylation sites is 1. The molecular weight excluding hydrogens is 389 g/mol. The van der Waals surface area contributed by atoms with Gasteiger partial charge in [-0.3, -0.25) is 0 Å². The molecule has 0 bridgehead atoms. The van der Waals surface area contributed by atoms with Gasteiger partial charge in [0.15, 0.2) is 11.5 Å². The molecule has 106 valence electrons. The van der Waals surface area contributed by atoms with Crippen LogP contribution in [0, 0.1) is 3.57 Å². The van der Waals surface area contributed by atoms with Crippen LogP contribution in [0.4, 0.5) is 5.69 Å². The Morgan fingerprint density at radius 2 is 1.90 bits per heavy atom. The first kappa shape index (κ1) is 15.3. The van der Waals surface area contributed by atoms with Crippen LogP contribution < -0.4 is 14.8 Å². The van der Waals surface area contributed by atoms with Gasteiger partial charge in [-0.1, -0.05) is 23.7 Å². The highest BCUT2D eigenvalue weighted by Crippen LogP contribution is 2.33. The van der Waals surface area contributed by atoms with E-state index in [1.54, 1.807) is 14.2 Å². The van der Waals surface area contributed by atoms with Crippen molar-refractivity contribution < 1.29 is 9.47 Å². The Hall–Kier alpha value is -1.14. The molecule has 0 atom stereocenters. The summed E-state index contributed by atoms with van der Waals surface area (Å²) in [5.74, 6) is 1.49. The van der Waals surface area contributed by atoms with E-state index >= 15 is 0 Å². The molecule has 0 radical (unpaired) electrons. The fourth-order valence-electron chi connectivity index (χ4n) is 1.88. The van der Waals surface area contributed by atoms with Gasteiger partial charge in [-0.15, -0.1) is 0 Å². The zero-order chi connectivity index (χ0) is 14.5. The summed E-state index contributed by atoms with van der Waals surface area (Å²) < 4.78 is 11.7. The van der Waals surface area contributed by atoms with Crippen LogP contribution in [0.5, 0.6) is 11.5 Å². The van der Waals surface area contributed by atoms with E-state index in [4.69, 9.17) is 21.1 Å². The molecule has 5 heteroatoms. The van der Waals surface area contributed by atoms with E-state index in [0.717, 1.165) is 26.3 Å². The van der Waals surface area contributed by atoms with Crippen LogP contribution >= 0.6 is 34.2 Å². The van der Waals surface area contributed by atoms with Crippen molar-refractivity contribution in [2.45, 2.75) is 6.54 Å². The van der Waals surface area contributed by atoms with Crippen molar-refractivity contribution in [1.82, 2.24) is 0 Å². The fraction of sp³-hybridized carbons (Fsp3) is 0.200. The van der Waals surface area contributed by atoms with Gasteiger partial charge >= 0.3 is 0 Å². The van der Waals surface area contributed by atoms with E-state index in [1.165, 1.54) is 0 Å². The second-order valence-corrected chi connectivity index (χ2v) is 5.72. The average molecular weight is 404 g/mol. The smallest absolute Gasteiger partial charge is 0.174 e. The standard InChI is InChI=1S/C15H15ClINO2/c1-19-14-8-10(7-12(17)15(14)20-2)9-18-13-6-4-3-5-11(13)16/h3-8,18H,9H2,1-2H3. The Balaban J connectivity index is 2.18. The highest BCUT2D eigenvalue weighted by molar-refractivity contribution is 14.1. The monoisotopic (exact) mass is 403 g/mol. The van der Waals surface area contributed by atoms with E-state index in [1.807, 2.05) is 30.3 Å². The van der Waals surface area contributed by atoms with Gasteiger partial charge in [0.1, 0.15) is 0 Å². The molecule has 0 unspecified atom stereocenters. The summed E-state index contributed by atoms with van der Waals surface area (Å²) in [6, 6.07) is 11.7. The van der Waals surface area contributed by atoms with Crippen LogP contribution in [-0.2, 0) is 6.54 Å². The van der Waals surface area contributed by atoms with Crippen molar-refractivity contribution >= 4 is 39.9 Å². The zero-order valence-corrected chi connectivity index (χ0v) is 14.2. The third kappa shape index (κ3) is 3.49. The lowest BCUT2D eigenvalue weighted by molar-refractivity contribution is 0.352. The van der Waals surface area contributed by atoms with Crippen molar-refractivity contribution in [2.75, 3.05) is 19.5 Å². The maximum Gasteiger partial charge on any atom is 0.174 e. The third-order valence-corrected chi connectivity index (χ3v) is 3.98. The van der Waals surface area contributed by atoms with E-state index in [-0.39, 0.29) is 0 Å². The normalized spacial score (nSPS) is 10.2. The van der Waals surface area contributed by atoms with Gasteiger partial charge in [0.25, 0.3) is 0 Å². The van der Waals surface area contributed by atoms with Gasteiger partial charge < -0.3 is 14.8 Å². The first-order chi connectivity index (χ1) is 9.65. The molecule has 0 saturated carbocycles. The molecule has 1 N–H and O–H groups in total. The van der Waals surface area contributed by atoms with Crippen LogP contribution in [0.2, 0.25) is 5.02 Å². The van der Waals surface area contributed by atoms with E-state index in [9.17, 15) is 0 Å². The molecule has 2 aromatic carbocycles. The van der Waals surface area contributed by atoms with Gasteiger partial charge in [0.2, 0.25) is 0 Å². The number of halogens is 2. The Labute approximate surface area is 137 Å². The maximum absolute atomic E-state index is 6.12. The number of hydrogen-bond donors (Lipinski definition) is 1. The second-order valence-electron chi connectivity index (χ2n) is 4.15. The van der Waals surface area contributed by atoms with E-state index in [2.05, 4.69) is 34.0 Å². The molecule has 0 aliphatic heterocycles. The minimum atomic E-state index is 0.667. The van der Waals surface area contributed by atoms with Gasteiger partial charge in [0.05, 0.1) is 28.5 Å². The molecule has 0 aromatic heterocycles. The SMILES string of the molecule is COc1cc(CNc2ccccc2Cl)cc(I)c1OC. The van der Waals surface area contributed by atoms with Gasteiger partial charge in [-0.05, 0) is 52.4 Å². The van der Waals surface area contributed by atoms with Crippen LogP contribution in [0.15, 0.2) is 36.4 Å². The Bertz CT molecular complexity index is 604. The Morgan fingerprint density at radius 1 is 1.15 bits per heavy atom. The maximum atomic E-state index is 6.12. The summed E-state index contributed by atoms with van der Waals surface area (Å²) in [7, 11) is 3.28. The quantitative estimate of drug-likeness (QED) is 0.742. The number of hydrogen-bond acceptors (Lipinski definition) is 3. The van der Waals surface area contributed by atoms with E-state index in [0.29, 0.717) is 11.6 Å². The fourth-order valence-corrected chi connectivity index (χ4v) is 2.96. The largest absolute Gasteiger partial charge is 0.493 e. The summed E-state index contributed by atoms with van der Waals surface area (Å²) >= 11 is 8.36. The summed E-state index contributed by atoms with van der Waals surface area (Å²) in [6.07, 6.45) is 0. The molecule has 0 saturated heterocycles. The molecule has 0 aliphatic carbocycles. The predicted molar refractivity (Wildman–Crippen MR) is 91.0 cm³/mol. The Kier molecular flexibility index (Phi) is 5.37. The molecule has 0 heterocycles. The lowest BCUT2D eigenvalue weighted by atomic mass is 10.2. The van der Waals surface area contributed by atoms with Gasteiger partial charge in [0, 0.05) is 6.54 Å². The van der Waals surface area contributed by atoms with Crippen molar-refractivity contribution in [3.63, 3.8) is 0 Å². The summed E-state index contributed by atoms with van der Waals surface area (Å²) in [5, 5.41) is 4.02.